The molecule has 0 atom stereocenters. The number of carbonyl (C=O) groups is 1. The Kier molecular flexibility index (Phi) is 5.09. The Bertz CT molecular complexity index is 1400. The Morgan fingerprint density at radius 1 is 0.719 bits per heavy atom. The van der Waals surface area contributed by atoms with Gasteiger partial charge < -0.3 is 4.74 Å². The number of hydrogen-bond acceptors (Lipinski definition) is 6. The third-order valence-electron chi connectivity index (χ3n) is 4.95. The molecule has 0 fully saturated rings. The number of aryl methyl sites for hydroxylation is 1. The molecule has 5 aromatic rings. The van der Waals surface area contributed by atoms with E-state index in [1.807, 2.05) is 55.5 Å². The van der Waals surface area contributed by atoms with Gasteiger partial charge >= 0.3 is 5.97 Å². The number of ether oxygens (including phenoxy) is 1. The van der Waals surface area contributed by atoms with Gasteiger partial charge in [0.2, 0.25) is 0 Å². The molecule has 5 rings (SSSR count). The van der Waals surface area contributed by atoms with Gasteiger partial charge in [0.25, 0.3) is 0 Å². The van der Waals surface area contributed by atoms with Crippen molar-refractivity contribution in [3.05, 3.63) is 102 Å². The summed E-state index contributed by atoms with van der Waals surface area (Å²) in [4.78, 5) is 31.2. The molecule has 3 heterocycles. The predicted octanol–water partition coefficient (Wildman–Crippen LogP) is 5.28. The van der Waals surface area contributed by atoms with Crippen molar-refractivity contribution in [1.29, 1.82) is 0 Å². The second kappa shape index (κ2) is 8.35. The lowest BCUT2D eigenvalue weighted by Gasteiger charge is -2.10. The lowest BCUT2D eigenvalue weighted by Crippen LogP contribution is -2.09. The summed E-state index contributed by atoms with van der Waals surface area (Å²) in [5.41, 5.74) is 5.32. The molecule has 0 saturated heterocycles. The summed E-state index contributed by atoms with van der Waals surface area (Å²) in [6.07, 6.45) is 3.42. The standard InChI is InChI=1S/C26H18N4O2/c1-17-8-11-19(12-9-17)32-26(31)18-10-13-20-23(16-18)30-25(22-7-3-5-15-28-22)24(29-20)21-6-2-4-14-27-21/h2-16H,1H3. The number of nitrogens with zero attached hydrogens (tertiary/aromatic N) is 4. The summed E-state index contributed by atoms with van der Waals surface area (Å²) in [6.45, 7) is 1.98. The lowest BCUT2D eigenvalue weighted by molar-refractivity contribution is 0.0735. The first-order valence-corrected chi connectivity index (χ1v) is 10.1. The zero-order chi connectivity index (χ0) is 21.9. The summed E-state index contributed by atoms with van der Waals surface area (Å²) < 4.78 is 5.50. The van der Waals surface area contributed by atoms with Crippen molar-refractivity contribution < 1.29 is 9.53 Å². The molecule has 2 aromatic carbocycles. The number of fused-ring (bicyclic) bond motifs is 1. The normalized spacial score (nSPS) is 10.8. The molecular formula is C26H18N4O2. The minimum absolute atomic E-state index is 0.393. The van der Waals surface area contributed by atoms with Crippen molar-refractivity contribution in [2.24, 2.45) is 0 Å². The molecule has 0 unspecified atom stereocenters. The van der Waals surface area contributed by atoms with E-state index in [4.69, 9.17) is 14.7 Å². The van der Waals surface area contributed by atoms with Crippen LogP contribution in [0.2, 0.25) is 0 Å². The van der Waals surface area contributed by atoms with Gasteiger partial charge in [0.15, 0.2) is 0 Å². The number of rotatable bonds is 4. The monoisotopic (exact) mass is 418 g/mol. The maximum atomic E-state index is 12.7. The molecule has 0 aliphatic heterocycles. The van der Waals surface area contributed by atoms with Gasteiger partial charge in [-0.1, -0.05) is 29.8 Å². The number of hydrogen-bond donors (Lipinski definition) is 0. The highest BCUT2D eigenvalue weighted by Gasteiger charge is 2.17. The summed E-state index contributed by atoms with van der Waals surface area (Å²) in [7, 11) is 0. The van der Waals surface area contributed by atoms with Crippen molar-refractivity contribution in [3.8, 4) is 28.5 Å². The predicted molar refractivity (Wildman–Crippen MR) is 122 cm³/mol. The quantitative estimate of drug-likeness (QED) is 0.292. The Balaban J connectivity index is 1.59. The molecule has 0 spiro atoms. The van der Waals surface area contributed by atoms with Crippen LogP contribution in [0.1, 0.15) is 15.9 Å². The fourth-order valence-electron chi connectivity index (χ4n) is 3.32. The van der Waals surface area contributed by atoms with Gasteiger partial charge in [0, 0.05) is 12.4 Å². The average Bonchev–Trinajstić information content (AvgIpc) is 2.85. The molecule has 0 bridgehead atoms. The third kappa shape index (κ3) is 3.94. The lowest BCUT2D eigenvalue weighted by atomic mass is 10.1. The SMILES string of the molecule is Cc1ccc(OC(=O)c2ccc3nc(-c4ccccn4)c(-c4ccccn4)nc3c2)cc1. The summed E-state index contributed by atoms with van der Waals surface area (Å²) in [5.74, 6) is 0.0391. The minimum Gasteiger partial charge on any atom is -0.423 e. The smallest absolute Gasteiger partial charge is 0.343 e. The van der Waals surface area contributed by atoms with E-state index in [1.54, 1.807) is 42.7 Å². The van der Waals surface area contributed by atoms with Crippen molar-refractivity contribution >= 4 is 17.0 Å². The Morgan fingerprint density at radius 2 is 1.34 bits per heavy atom. The van der Waals surface area contributed by atoms with Crippen molar-refractivity contribution in [3.63, 3.8) is 0 Å². The van der Waals surface area contributed by atoms with Crippen LogP contribution in [0, 0.1) is 6.92 Å². The van der Waals surface area contributed by atoms with Crippen LogP contribution in [0.5, 0.6) is 5.75 Å². The number of aromatic nitrogens is 4. The summed E-state index contributed by atoms with van der Waals surface area (Å²) in [6, 6.07) is 23.7. The van der Waals surface area contributed by atoms with Gasteiger partial charge in [0.05, 0.1) is 28.0 Å². The van der Waals surface area contributed by atoms with Crippen molar-refractivity contribution in [1.82, 2.24) is 19.9 Å². The molecular weight excluding hydrogens is 400 g/mol. The third-order valence-corrected chi connectivity index (χ3v) is 4.95. The first-order chi connectivity index (χ1) is 15.7. The van der Waals surface area contributed by atoms with Gasteiger partial charge in [0.1, 0.15) is 17.1 Å². The first-order valence-electron chi connectivity index (χ1n) is 10.1. The Labute approximate surface area is 184 Å². The van der Waals surface area contributed by atoms with Crippen LogP contribution >= 0.6 is 0 Å². The Hall–Kier alpha value is -4.45. The van der Waals surface area contributed by atoms with Crippen LogP contribution in [0.25, 0.3) is 33.8 Å². The van der Waals surface area contributed by atoms with E-state index in [9.17, 15) is 4.79 Å². The molecule has 3 aromatic heterocycles. The van der Waals surface area contributed by atoms with Gasteiger partial charge in [-0.05, 0) is 61.5 Å². The number of carbonyl (C=O) groups excluding carboxylic acids is 1. The molecule has 0 amide bonds. The van der Waals surface area contributed by atoms with Crippen LogP contribution in [0.15, 0.2) is 91.3 Å². The molecule has 6 heteroatoms. The molecule has 0 radical (unpaired) electrons. The molecule has 0 aliphatic carbocycles. The van der Waals surface area contributed by atoms with Gasteiger partial charge in [-0.2, -0.15) is 0 Å². The van der Waals surface area contributed by atoms with Crippen LogP contribution in [0.3, 0.4) is 0 Å². The van der Waals surface area contributed by atoms with E-state index in [0.29, 0.717) is 45.1 Å². The van der Waals surface area contributed by atoms with Gasteiger partial charge in [-0.3, -0.25) is 9.97 Å². The van der Waals surface area contributed by atoms with E-state index in [1.165, 1.54) is 0 Å². The van der Waals surface area contributed by atoms with E-state index in [2.05, 4.69) is 9.97 Å². The number of benzene rings is 2. The van der Waals surface area contributed by atoms with E-state index in [-0.39, 0.29) is 0 Å². The molecule has 154 valence electrons. The zero-order valence-corrected chi connectivity index (χ0v) is 17.3. The summed E-state index contributed by atoms with van der Waals surface area (Å²) in [5, 5.41) is 0. The van der Waals surface area contributed by atoms with Crippen LogP contribution in [-0.4, -0.2) is 25.9 Å². The Morgan fingerprint density at radius 3 is 1.94 bits per heavy atom. The van der Waals surface area contributed by atoms with E-state index in [0.717, 1.165) is 5.56 Å². The van der Waals surface area contributed by atoms with E-state index < -0.39 is 5.97 Å². The largest absolute Gasteiger partial charge is 0.423 e. The highest BCUT2D eigenvalue weighted by atomic mass is 16.5. The van der Waals surface area contributed by atoms with Crippen LogP contribution in [-0.2, 0) is 0 Å². The van der Waals surface area contributed by atoms with Gasteiger partial charge in [-0.15, -0.1) is 0 Å². The second-order valence-corrected chi connectivity index (χ2v) is 7.26. The minimum atomic E-state index is -0.453. The van der Waals surface area contributed by atoms with E-state index >= 15 is 0 Å². The average molecular weight is 418 g/mol. The fourth-order valence-corrected chi connectivity index (χ4v) is 3.32. The maximum Gasteiger partial charge on any atom is 0.343 e. The topological polar surface area (TPSA) is 77.9 Å². The highest BCUT2D eigenvalue weighted by molar-refractivity contribution is 5.95. The highest BCUT2D eigenvalue weighted by Crippen LogP contribution is 2.29. The molecule has 0 aliphatic rings. The molecule has 6 nitrogen and oxygen atoms in total. The maximum absolute atomic E-state index is 12.7. The van der Waals surface area contributed by atoms with Crippen LogP contribution < -0.4 is 4.74 Å². The van der Waals surface area contributed by atoms with Gasteiger partial charge in [-0.25, -0.2) is 14.8 Å². The van der Waals surface area contributed by atoms with Crippen LogP contribution in [0.4, 0.5) is 0 Å². The van der Waals surface area contributed by atoms with Crippen molar-refractivity contribution in [2.75, 3.05) is 0 Å². The zero-order valence-electron chi connectivity index (χ0n) is 17.3. The molecule has 32 heavy (non-hydrogen) atoms. The second-order valence-electron chi connectivity index (χ2n) is 7.26. The molecule has 0 N–H and O–H groups in total. The fraction of sp³-hybridized carbons (Fsp3) is 0.0385. The number of esters is 1. The summed E-state index contributed by atoms with van der Waals surface area (Å²) >= 11 is 0. The molecule has 0 saturated carbocycles. The van der Waals surface area contributed by atoms with Crippen molar-refractivity contribution in [2.45, 2.75) is 6.92 Å². The number of pyridine rings is 2. The first kappa shape index (κ1) is 19.5.